The summed E-state index contributed by atoms with van der Waals surface area (Å²) in [5.41, 5.74) is 5.37. The minimum Gasteiger partial charge on any atom is -0.454 e. The predicted octanol–water partition coefficient (Wildman–Crippen LogP) is 1.73. The van der Waals surface area contributed by atoms with E-state index in [1.54, 1.807) is 29.2 Å². The van der Waals surface area contributed by atoms with Gasteiger partial charge in [0.2, 0.25) is 0 Å². The summed E-state index contributed by atoms with van der Waals surface area (Å²) in [5, 5.41) is 3.94. The highest BCUT2D eigenvalue weighted by Gasteiger charge is 2.00. The van der Waals surface area contributed by atoms with Crippen LogP contribution in [0.3, 0.4) is 0 Å². The summed E-state index contributed by atoms with van der Waals surface area (Å²) in [5.74, 6) is 0.847. The van der Waals surface area contributed by atoms with Gasteiger partial charge in [0, 0.05) is 0 Å². The summed E-state index contributed by atoms with van der Waals surface area (Å²) in [7, 11) is 0. The Labute approximate surface area is 86.1 Å². The van der Waals surface area contributed by atoms with E-state index in [1.165, 1.54) is 12.1 Å². The van der Waals surface area contributed by atoms with Gasteiger partial charge in [-0.15, -0.1) is 0 Å². The van der Waals surface area contributed by atoms with Crippen molar-refractivity contribution in [3.8, 4) is 11.5 Å². The average molecular weight is 207 g/mol. The van der Waals surface area contributed by atoms with Crippen molar-refractivity contribution >= 4 is 0 Å². The van der Waals surface area contributed by atoms with Crippen LogP contribution in [0.4, 0.5) is 4.39 Å². The predicted molar refractivity (Wildman–Crippen MR) is 52.9 cm³/mol. The number of nitrogens with two attached hydrogens (primary N) is 1. The maximum absolute atomic E-state index is 12.6. The number of hydrogen-bond donors (Lipinski definition) is 1. The van der Waals surface area contributed by atoms with Gasteiger partial charge in [0.05, 0.1) is 19.1 Å². The van der Waals surface area contributed by atoms with Gasteiger partial charge in [0.1, 0.15) is 11.6 Å². The zero-order chi connectivity index (χ0) is 10.7. The van der Waals surface area contributed by atoms with Gasteiger partial charge in [-0.2, -0.15) is 5.10 Å². The molecule has 1 aromatic heterocycles. The molecule has 2 N–H and O–H groups in total. The second kappa shape index (κ2) is 4.10. The van der Waals surface area contributed by atoms with Crippen LogP contribution in [0.25, 0.3) is 0 Å². The Bertz CT molecular complexity index is 438. The van der Waals surface area contributed by atoms with E-state index >= 15 is 0 Å². The normalized spacial score (nSPS) is 10.3. The molecular weight excluding hydrogens is 197 g/mol. The van der Waals surface area contributed by atoms with E-state index in [4.69, 9.17) is 10.5 Å². The Balaban J connectivity index is 2.11. The maximum atomic E-state index is 12.6. The van der Waals surface area contributed by atoms with Crippen LogP contribution in [0.2, 0.25) is 0 Å². The molecule has 0 fully saturated rings. The molecule has 0 saturated carbocycles. The fourth-order valence-corrected chi connectivity index (χ4v) is 1.14. The van der Waals surface area contributed by atoms with Crippen molar-refractivity contribution < 1.29 is 9.13 Å². The van der Waals surface area contributed by atoms with Gasteiger partial charge in [0.25, 0.3) is 0 Å². The largest absolute Gasteiger partial charge is 0.454 e. The first-order chi connectivity index (χ1) is 7.28. The van der Waals surface area contributed by atoms with Gasteiger partial charge in [-0.25, -0.2) is 4.39 Å². The second-order valence-corrected chi connectivity index (χ2v) is 2.95. The molecule has 0 spiro atoms. The second-order valence-electron chi connectivity index (χ2n) is 2.95. The topological polar surface area (TPSA) is 53.1 Å². The van der Waals surface area contributed by atoms with Crippen LogP contribution < -0.4 is 10.5 Å². The minimum atomic E-state index is -0.292. The van der Waals surface area contributed by atoms with Crippen molar-refractivity contribution in [3.63, 3.8) is 0 Å². The highest BCUT2D eigenvalue weighted by atomic mass is 19.1. The third-order valence-corrected chi connectivity index (χ3v) is 1.85. The first-order valence-corrected chi connectivity index (χ1v) is 4.44. The molecule has 4 nitrogen and oxygen atoms in total. The molecule has 0 atom stereocenters. The van der Waals surface area contributed by atoms with E-state index in [0.29, 0.717) is 18.2 Å². The van der Waals surface area contributed by atoms with Gasteiger partial charge in [-0.1, -0.05) is 0 Å². The molecule has 2 aromatic rings. The maximum Gasteiger partial charge on any atom is 0.165 e. The van der Waals surface area contributed by atoms with E-state index < -0.39 is 0 Å². The van der Waals surface area contributed by atoms with E-state index in [0.717, 1.165) is 0 Å². The molecule has 1 heterocycles. The SMILES string of the molecule is NCn1cc(Oc2ccc(F)cc2)cn1. The quantitative estimate of drug-likeness (QED) is 0.833. The van der Waals surface area contributed by atoms with Crippen LogP contribution in [0.15, 0.2) is 36.7 Å². The number of aromatic nitrogens is 2. The first-order valence-electron chi connectivity index (χ1n) is 4.44. The van der Waals surface area contributed by atoms with Crippen molar-refractivity contribution in [2.75, 3.05) is 0 Å². The number of benzene rings is 1. The molecule has 0 radical (unpaired) electrons. The number of hydrogen-bond acceptors (Lipinski definition) is 3. The van der Waals surface area contributed by atoms with Crippen molar-refractivity contribution in [1.82, 2.24) is 9.78 Å². The molecule has 1 aromatic carbocycles. The summed E-state index contributed by atoms with van der Waals surface area (Å²) < 4.78 is 19.5. The van der Waals surface area contributed by atoms with Crippen molar-refractivity contribution in [1.29, 1.82) is 0 Å². The Kier molecular flexibility index (Phi) is 2.64. The van der Waals surface area contributed by atoms with Crippen molar-refractivity contribution in [2.45, 2.75) is 6.67 Å². The van der Waals surface area contributed by atoms with Gasteiger partial charge in [-0.05, 0) is 24.3 Å². The molecule has 0 aliphatic rings. The number of ether oxygens (including phenoxy) is 1. The van der Waals surface area contributed by atoms with Crippen molar-refractivity contribution in [3.05, 3.63) is 42.5 Å². The zero-order valence-corrected chi connectivity index (χ0v) is 7.93. The summed E-state index contributed by atoms with van der Waals surface area (Å²) in [6.07, 6.45) is 3.22. The molecule has 0 saturated heterocycles. The average Bonchev–Trinajstić information content (AvgIpc) is 2.69. The number of halogens is 1. The summed E-state index contributed by atoms with van der Waals surface area (Å²) in [6.45, 7) is 0.298. The minimum absolute atomic E-state index is 0.292. The standard InChI is InChI=1S/C10H10FN3O/c11-8-1-3-9(4-2-8)15-10-5-13-14(6-10)7-12/h1-6H,7,12H2. The van der Waals surface area contributed by atoms with E-state index in [9.17, 15) is 4.39 Å². The monoisotopic (exact) mass is 207 g/mol. The smallest absolute Gasteiger partial charge is 0.165 e. The van der Waals surface area contributed by atoms with E-state index in [-0.39, 0.29) is 5.82 Å². The van der Waals surface area contributed by atoms with Crippen LogP contribution in [0, 0.1) is 5.82 Å². The number of rotatable bonds is 3. The lowest BCUT2D eigenvalue weighted by atomic mass is 10.3. The molecule has 15 heavy (non-hydrogen) atoms. The molecule has 5 heteroatoms. The fourth-order valence-electron chi connectivity index (χ4n) is 1.14. The highest BCUT2D eigenvalue weighted by Crippen LogP contribution is 2.20. The Morgan fingerprint density at radius 1 is 1.27 bits per heavy atom. The van der Waals surface area contributed by atoms with Gasteiger partial charge >= 0.3 is 0 Å². The number of nitrogens with zero attached hydrogens (tertiary/aromatic N) is 2. The Morgan fingerprint density at radius 2 is 2.00 bits per heavy atom. The summed E-state index contributed by atoms with van der Waals surface area (Å²) >= 11 is 0. The van der Waals surface area contributed by atoms with E-state index in [1.807, 2.05) is 0 Å². The summed E-state index contributed by atoms with van der Waals surface area (Å²) in [4.78, 5) is 0. The molecule has 2 rings (SSSR count). The van der Waals surface area contributed by atoms with E-state index in [2.05, 4.69) is 5.10 Å². The molecule has 0 bridgehead atoms. The van der Waals surface area contributed by atoms with Crippen LogP contribution >= 0.6 is 0 Å². The lowest BCUT2D eigenvalue weighted by molar-refractivity contribution is 0.479. The van der Waals surface area contributed by atoms with Gasteiger partial charge in [-0.3, -0.25) is 4.68 Å². The molecule has 0 amide bonds. The zero-order valence-electron chi connectivity index (χ0n) is 7.93. The van der Waals surface area contributed by atoms with Crippen LogP contribution in [-0.4, -0.2) is 9.78 Å². The lowest BCUT2D eigenvalue weighted by Crippen LogP contribution is -2.06. The van der Waals surface area contributed by atoms with Gasteiger partial charge < -0.3 is 10.5 Å². The van der Waals surface area contributed by atoms with Crippen LogP contribution in [0.1, 0.15) is 0 Å². The highest BCUT2D eigenvalue weighted by molar-refractivity contribution is 5.28. The Hall–Kier alpha value is -1.88. The van der Waals surface area contributed by atoms with Crippen molar-refractivity contribution in [2.24, 2.45) is 5.73 Å². The molecule has 78 valence electrons. The molecular formula is C10H10FN3O. The third-order valence-electron chi connectivity index (χ3n) is 1.85. The molecule has 0 unspecified atom stereocenters. The molecule has 0 aliphatic heterocycles. The Morgan fingerprint density at radius 3 is 2.60 bits per heavy atom. The van der Waals surface area contributed by atoms with Crippen LogP contribution in [0.5, 0.6) is 11.5 Å². The first kappa shape index (κ1) is 9.67. The third kappa shape index (κ3) is 2.32. The lowest BCUT2D eigenvalue weighted by Gasteiger charge is -2.01. The van der Waals surface area contributed by atoms with Gasteiger partial charge in [0.15, 0.2) is 5.75 Å². The fraction of sp³-hybridized carbons (Fsp3) is 0.100. The molecule has 0 aliphatic carbocycles. The van der Waals surface area contributed by atoms with Crippen LogP contribution in [-0.2, 0) is 6.67 Å². The summed E-state index contributed by atoms with van der Waals surface area (Å²) in [6, 6.07) is 5.77.